The first-order valence-electron chi connectivity index (χ1n) is 8.71. The van der Waals surface area contributed by atoms with E-state index in [-0.39, 0.29) is 25.3 Å². The van der Waals surface area contributed by atoms with Gasteiger partial charge in [0.25, 0.3) is 0 Å². The lowest BCUT2D eigenvalue weighted by Crippen LogP contribution is -2.49. The third kappa shape index (κ3) is 5.01. The Morgan fingerprint density at radius 1 is 1.25 bits per heavy atom. The van der Waals surface area contributed by atoms with E-state index in [9.17, 15) is 22.8 Å². The molecular formula is C16H26F3N3O2. The minimum atomic E-state index is -4.21. The number of nitrogens with one attached hydrogen (secondary N) is 1. The monoisotopic (exact) mass is 349 g/mol. The number of hydrogen-bond donors (Lipinski definition) is 1. The molecule has 8 heteroatoms. The summed E-state index contributed by atoms with van der Waals surface area (Å²) in [5.74, 6) is -1.44. The number of carbonyl (C=O) groups excluding carboxylic acids is 2. The Morgan fingerprint density at radius 2 is 2.00 bits per heavy atom. The van der Waals surface area contributed by atoms with Crippen molar-refractivity contribution in [2.24, 2.45) is 5.92 Å². The number of nitrogens with zero attached hydrogens (tertiary/aromatic N) is 2. The van der Waals surface area contributed by atoms with Gasteiger partial charge in [-0.2, -0.15) is 13.2 Å². The van der Waals surface area contributed by atoms with E-state index in [1.54, 1.807) is 4.90 Å². The second-order valence-electron chi connectivity index (χ2n) is 6.71. The van der Waals surface area contributed by atoms with E-state index in [1.807, 2.05) is 6.92 Å². The summed E-state index contributed by atoms with van der Waals surface area (Å²) in [5.41, 5.74) is 0. The zero-order valence-corrected chi connectivity index (χ0v) is 14.1. The van der Waals surface area contributed by atoms with E-state index in [0.29, 0.717) is 38.9 Å². The van der Waals surface area contributed by atoms with Crippen molar-refractivity contribution in [3.05, 3.63) is 0 Å². The maximum Gasteiger partial charge on any atom is 0.391 e. The summed E-state index contributed by atoms with van der Waals surface area (Å²) in [7, 11) is 0. The van der Waals surface area contributed by atoms with Crippen LogP contribution in [0.15, 0.2) is 0 Å². The molecule has 1 saturated heterocycles. The Balaban J connectivity index is 1.88. The highest BCUT2D eigenvalue weighted by atomic mass is 19.4. The summed E-state index contributed by atoms with van der Waals surface area (Å²) in [5, 5.41) is 2.70. The maximum absolute atomic E-state index is 12.9. The van der Waals surface area contributed by atoms with Crippen molar-refractivity contribution in [3.8, 4) is 0 Å². The molecule has 5 nitrogen and oxygen atoms in total. The topological polar surface area (TPSA) is 52.6 Å². The van der Waals surface area contributed by atoms with E-state index < -0.39 is 24.2 Å². The molecule has 0 unspecified atom stereocenters. The molecule has 138 valence electrons. The van der Waals surface area contributed by atoms with Gasteiger partial charge in [0.15, 0.2) is 0 Å². The molecule has 3 amide bonds. The standard InChI is InChI=1S/C16H26F3N3O2/c1-2-7-21-8-4-9-22(11-14(21)23)15(24)20-13-6-3-5-12(10-13)16(17,18)19/h12-13H,2-11H2,1H3,(H,20,24)/t12-,13-/m1/s1. The van der Waals surface area contributed by atoms with Crippen LogP contribution in [0, 0.1) is 5.92 Å². The average Bonchev–Trinajstić information content (AvgIpc) is 2.69. The lowest BCUT2D eigenvalue weighted by molar-refractivity contribution is -0.183. The molecule has 2 atom stereocenters. The van der Waals surface area contributed by atoms with E-state index >= 15 is 0 Å². The Kier molecular flexibility index (Phi) is 6.34. The summed E-state index contributed by atoms with van der Waals surface area (Å²) in [6, 6.07) is -0.891. The highest BCUT2D eigenvalue weighted by molar-refractivity contribution is 5.84. The molecule has 2 aliphatic rings. The number of alkyl halides is 3. The highest BCUT2D eigenvalue weighted by Crippen LogP contribution is 2.37. The van der Waals surface area contributed by atoms with Crippen molar-refractivity contribution in [3.63, 3.8) is 0 Å². The summed E-state index contributed by atoms with van der Waals surface area (Å²) < 4.78 is 38.6. The second-order valence-corrected chi connectivity index (χ2v) is 6.71. The molecule has 1 heterocycles. The van der Waals surface area contributed by atoms with Crippen molar-refractivity contribution >= 4 is 11.9 Å². The molecule has 2 rings (SSSR count). The molecule has 0 aromatic heterocycles. The first-order chi connectivity index (χ1) is 11.3. The highest BCUT2D eigenvalue weighted by Gasteiger charge is 2.42. The minimum Gasteiger partial charge on any atom is -0.341 e. The van der Waals surface area contributed by atoms with Crippen LogP contribution in [0.3, 0.4) is 0 Å². The van der Waals surface area contributed by atoms with Gasteiger partial charge in [0, 0.05) is 25.7 Å². The molecule has 2 fully saturated rings. The molecule has 0 radical (unpaired) electrons. The van der Waals surface area contributed by atoms with Gasteiger partial charge in [0.1, 0.15) is 6.54 Å². The third-order valence-corrected chi connectivity index (χ3v) is 4.78. The SMILES string of the molecule is CCCN1CCCN(C(=O)N[C@@H]2CCC[C@@H](C(F)(F)F)C2)CC1=O. The van der Waals surface area contributed by atoms with Crippen LogP contribution in [-0.4, -0.2) is 60.1 Å². The first kappa shape index (κ1) is 18.9. The summed E-state index contributed by atoms with van der Waals surface area (Å²) in [6.45, 7) is 3.73. The van der Waals surface area contributed by atoms with Crippen molar-refractivity contribution in [2.75, 3.05) is 26.2 Å². The van der Waals surface area contributed by atoms with Crippen LogP contribution in [0.1, 0.15) is 45.4 Å². The van der Waals surface area contributed by atoms with Crippen LogP contribution in [0.2, 0.25) is 0 Å². The van der Waals surface area contributed by atoms with Crippen LogP contribution in [-0.2, 0) is 4.79 Å². The molecule has 1 N–H and O–H groups in total. The van der Waals surface area contributed by atoms with Crippen LogP contribution in [0.25, 0.3) is 0 Å². The summed E-state index contributed by atoms with van der Waals surface area (Å²) in [6.07, 6.45) is -1.58. The van der Waals surface area contributed by atoms with Crippen LogP contribution in [0.5, 0.6) is 0 Å². The van der Waals surface area contributed by atoms with Crippen LogP contribution >= 0.6 is 0 Å². The second kappa shape index (κ2) is 8.07. The zero-order valence-electron chi connectivity index (χ0n) is 14.1. The number of carbonyl (C=O) groups is 2. The molecule has 1 aliphatic carbocycles. The quantitative estimate of drug-likeness (QED) is 0.852. The molecule has 1 aliphatic heterocycles. The predicted octanol–water partition coefficient (Wildman–Crippen LogP) is 2.76. The fraction of sp³-hybridized carbons (Fsp3) is 0.875. The smallest absolute Gasteiger partial charge is 0.341 e. The van der Waals surface area contributed by atoms with Crippen LogP contribution in [0.4, 0.5) is 18.0 Å². The van der Waals surface area contributed by atoms with Gasteiger partial charge < -0.3 is 15.1 Å². The number of halogens is 3. The first-order valence-corrected chi connectivity index (χ1v) is 8.71. The maximum atomic E-state index is 12.9. The molecule has 24 heavy (non-hydrogen) atoms. The lowest BCUT2D eigenvalue weighted by Gasteiger charge is -2.32. The molecule has 0 aromatic carbocycles. The number of amides is 3. The van der Waals surface area contributed by atoms with Crippen molar-refractivity contribution in [2.45, 2.75) is 57.7 Å². The summed E-state index contributed by atoms with van der Waals surface area (Å²) in [4.78, 5) is 27.7. The van der Waals surface area contributed by atoms with Crippen molar-refractivity contribution in [1.82, 2.24) is 15.1 Å². The number of rotatable bonds is 3. The fourth-order valence-electron chi connectivity index (χ4n) is 3.48. The number of urea groups is 1. The van der Waals surface area contributed by atoms with Gasteiger partial charge in [-0.15, -0.1) is 0 Å². The van der Waals surface area contributed by atoms with Crippen molar-refractivity contribution < 1.29 is 22.8 Å². The normalized spacial score (nSPS) is 26.2. The van der Waals surface area contributed by atoms with Gasteiger partial charge >= 0.3 is 12.2 Å². The molecule has 1 saturated carbocycles. The van der Waals surface area contributed by atoms with Gasteiger partial charge in [-0.05, 0) is 32.1 Å². The van der Waals surface area contributed by atoms with Crippen LogP contribution < -0.4 is 5.32 Å². The molecular weight excluding hydrogens is 323 g/mol. The Hall–Kier alpha value is -1.47. The van der Waals surface area contributed by atoms with E-state index in [1.165, 1.54) is 4.90 Å². The average molecular weight is 349 g/mol. The van der Waals surface area contributed by atoms with Gasteiger partial charge in [0.2, 0.25) is 5.91 Å². The van der Waals surface area contributed by atoms with E-state index in [0.717, 1.165) is 6.42 Å². The number of hydrogen-bond acceptors (Lipinski definition) is 2. The van der Waals surface area contributed by atoms with Gasteiger partial charge in [-0.25, -0.2) is 4.79 Å². The fourth-order valence-corrected chi connectivity index (χ4v) is 3.48. The van der Waals surface area contributed by atoms with Gasteiger partial charge in [0.05, 0.1) is 5.92 Å². The zero-order chi connectivity index (χ0) is 17.7. The van der Waals surface area contributed by atoms with Gasteiger partial charge in [-0.1, -0.05) is 13.3 Å². The largest absolute Gasteiger partial charge is 0.391 e. The van der Waals surface area contributed by atoms with Gasteiger partial charge in [-0.3, -0.25) is 4.79 Å². The lowest BCUT2D eigenvalue weighted by atomic mass is 9.85. The van der Waals surface area contributed by atoms with E-state index in [4.69, 9.17) is 0 Å². The summed E-state index contributed by atoms with van der Waals surface area (Å²) >= 11 is 0. The minimum absolute atomic E-state index is 0.00124. The Bertz CT molecular complexity index is 456. The molecule has 0 spiro atoms. The Labute approximate surface area is 140 Å². The predicted molar refractivity (Wildman–Crippen MR) is 83.4 cm³/mol. The third-order valence-electron chi connectivity index (χ3n) is 4.78. The Morgan fingerprint density at radius 3 is 2.67 bits per heavy atom. The molecule has 0 aromatic rings. The van der Waals surface area contributed by atoms with E-state index in [2.05, 4.69) is 5.32 Å². The van der Waals surface area contributed by atoms with Crippen molar-refractivity contribution in [1.29, 1.82) is 0 Å². The molecule has 0 bridgehead atoms.